The zero-order valence-electron chi connectivity index (χ0n) is 9.68. The first-order valence-corrected chi connectivity index (χ1v) is 5.18. The van der Waals surface area contributed by atoms with Crippen LogP contribution in [0.2, 0.25) is 0 Å². The summed E-state index contributed by atoms with van der Waals surface area (Å²) in [6.45, 7) is 1.89. The van der Waals surface area contributed by atoms with E-state index >= 15 is 0 Å². The molecule has 0 aliphatic rings. The lowest BCUT2D eigenvalue weighted by atomic mass is 10.3. The first-order valence-electron chi connectivity index (χ1n) is 5.18. The summed E-state index contributed by atoms with van der Waals surface area (Å²) >= 11 is 0. The lowest BCUT2D eigenvalue weighted by molar-refractivity contribution is -0.111. The number of nitrogens with one attached hydrogen (secondary N) is 1. The van der Waals surface area contributed by atoms with Gasteiger partial charge in [0.2, 0.25) is 5.91 Å². The second-order valence-electron chi connectivity index (χ2n) is 3.61. The second-order valence-corrected chi connectivity index (χ2v) is 3.61. The molecule has 0 aromatic carbocycles. The maximum absolute atomic E-state index is 11.6. The van der Waals surface area contributed by atoms with Crippen LogP contribution in [0, 0.1) is 6.92 Å². The average Bonchev–Trinajstić information content (AvgIpc) is 2.92. The molecule has 0 radical (unpaired) electrons. The Balaban J connectivity index is 2.00. The fourth-order valence-corrected chi connectivity index (χ4v) is 1.34. The largest absolute Gasteiger partial charge is 0.465 e. The summed E-state index contributed by atoms with van der Waals surface area (Å²) in [7, 11) is 1.82. The Morgan fingerprint density at radius 1 is 1.59 bits per heavy atom. The molecule has 2 heterocycles. The summed E-state index contributed by atoms with van der Waals surface area (Å²) in [6.07, 6.45) is 6.21. The van der Waals surface area contributed by atoms with Crippen molar-refractivity contribution < 1.29 is 9.21 Å². The quantitative estimate of drug-likeness (QED) is 0.821. The Morgan fingerprint density at radius 3 is 3.00 bits per heavy atom. The zero-order chi connectivity index (χ0) is 12.3. The molecule has 2 aromatic rings. The second kappa shape index (κ2) is 4.69. The third kappa shape index (κ3) is 2.63. The minimum absolute atomic E-state index is 0.211. The lowest BCUT2D eigenvalue weighted by Crippen LogP contribution is -2.08. The van der Waals surface area contributed by atoms with Crippen LogP contribution in [-0.2, 0) is 11.8 Å². The number of carbonyl (C=O) groups is 1. The summed E-state index contributed by atoms with van der Waals surface area (Å²) in [5, 5.41) is 6.78. The molecule has 0 unspecified atom stereocenters. The van der Waals surface area contributed by atoms with Gasteiger partial charge in [-0.3, -0.25) is 9.48 Å². The molecule has 0 atom stereocenters. The van der Waals surface area contributed by atoms with E-state index in [1.807, 2.05) is 14.0 Å². The van der Waals surface area contributed by atoms with Crippen molar-refractivity contribution in [2.45, 2.75) is 6.92 Å². The molecule has 17 heavy (non-hydrogen) atoms. The third-order valence-corrected chi connectivity index (χ3v) is 2.44. The van der Waals surface area contributed by atoms with E-state index in [2.05, 4.69) is 10.4 Å². The van der Waals surface area contributed by atoms with E-state index in [1.54, 1.807) is 35.4 Å². The van der Waals surface area contributed by atoms with Gasteiger partial charge in [0.05, 0.1) is 23.8 Å². The first-order chi connectivity index (χ1) is 8.16. The van der Waals surface area contributed by atoms with Crippen LogP contribution in [0.15, 0.2) is 35.1 Å². The van der Waals surface area contributed by atoms with E-state index in [1.165, 1.54) is 6.08 Å². The van der Waals surface area contributed by atoms with Crippen molar-refractivity contribution in [3.63, 3.8) is 0 Å². The number of furan rings is 1. The van der Waals surface area contributed by atoms with Crippen LogP contribution in [0.5, 0.6) is 0 Å². The fraction of sp³-hybridized carbons (Fsp3) is 0.167. The van der Waals surface area contributed by atoms with Crippen LogP contribution in [0.3, 0.4) is 0 Å². The molecule has 1 N–H and O–H groups in total. The van der Waals surface area contributed by atoms with Gasteiger partial charge in [-0.05, 0) is 25.1 Å². The van der Waals surface area contributed by atoms with Crippen LogP contribution >= 0.6 is 0 Å². The SMILES string of the molecule is Cc1c(NC(=O)/C=C/c2ccco2)cnn1C. The molecule has 2 rings (SSSR count). The van der Waals surface area contributed by atoms with E-state index in [-0.39, 0.29) is 5.91 Å². The summed E-state index contributed by atoms with van der Waals surface area (Å²) in [5.74, 6) is 0.431. The molecule has 5 heteroatoms. The minimum Gasteiger partial charge on any atom is -0.465 e. The van der Waals surface area contributed by atoms with Crippen LogP contribution in [0.25, 0.3) is 6.08 Å². The van der Waals surface area contributed by atoms with Crippen molar-refractivity contribution in [3.8, 4) is 0 Å². The highest BCUT2D eigenvalue weighted by Gasteiger charge is 2.05. The van der Waals surface area contributed by atoms with Gasteiger partial charge in [-0.2, -0.15) is 5.10 Å². The van der Waals surface area contributed by atoms with Gasteiger partial charge in [0.25, 0.3) is 0 Å². The van der Waals surface area contributed by atoms with Crippen molar-refractivity contribution in [1.82, 2.24) is 9.78 Å². The maximum atomic E-state index is 11.6. The van der Waals surface area contributed by atoms with E-state index < -0.39 is 0 Å². The van der Waals surface area contributed by atoms with E-state index in [0.717, 1.165) is 5.69 Å². The number of nitrogens with zero attached hydrogens (tertiary/aromatic N) is 2. The van der Waals surface area contributed by atoms with Crippen LogP contribution in [0.4, 0.5) is 5.69 Å². The average molecular weight is 231 g/mol. The molecule has 0 fully saturated rings. The number of hydrogen-bond donors (Lipinski definition) is 1. The van der Waals surface area contributed by atoms with Gasteiger partial charge in [0.1, 0.15) is 5.76 Å². The van der Waals surface area contributed by atoms with E-state index in [4.69, 9.17) is 4.42 Å². The molecule has 2 aromatic heterocycles. The molecule has 0 spiro atoms. The van der Waals surface area contributed by atoms with Crippen molar-refractivity contribution in [2.75, 3.05) is 5.32 Å². The highest BCUT2D eigenvalue weighted by atomic mass is 16.3. The van der Waals surface area contributed by atoms with Crippen molar-refractivity contribution >= 4 is 17.7 Å². The molecule has 88 valence electrons. The van der Waals surface area contributed by atoms with Crippen LogP contribution in [0.1, 0.15) is 11.5 Å². The Labute approximate surface area is 98.7 Å². The Hall–Kier alpha value is -2.30. The lowest BCUT2D eigenvalue weighted by Gasteiger charge is -2.00. The minimum atomic E-state index is -0.211. The van der Waals surface area contributed by atoms with Gasteiger partial charge < -0.3 is 9.73 Å². The van der Waals surface area contributed by atoms with Crippen LogP contribution < -0.4 is 5.32 Å². The Morgan fingerprint density at radius 2 is 2.41 bits per heavy atom. The van der Waals surface area contributed by atoms with Crippen molar-refractivity contribution in [3.05, 3.63) is 42.1 Å². The number of aryl methyl sites for hydroxylation is 1. The number of rotatable bonds is 3. The summed E-state index contributed by atoms with van der Waals surface area (Å²) in [5.41, 5.74) is 1.62. The molecule has 0 saturated heterocycles. The summed E-state index contributed by atoms with van der Waals surface area (Å²) in [6, 6.07) is 3.54. The van der Waals surface area contributed by atoms with Gasteiger partial charge in [-0.1, -0.05) is 0 Å². The number of hydrogen-bond acceptors (Lipinski definition) is 3. The Bertz CT molecular complexity index is 538. The van der Waals surface area contributed by atoms with Gasteiger partial charge >= 0.3 is 0 Å². The predicted octanol–water partition coefficient (Wildman–Crippen LogP) is 1.97. The molecular weight excluding hydrogens is 218 g/mol. The smallest absolute Gasteiger partial charge is 0.248 e. The predicted molar refractivity (Wildman–Crippen MR) is 64.3 cm³/mol. The van der Waals surface area contributed by atoms with Crippen molar-refractivity contribution in [1.29, 1.82) is 0 Å². The molecule has 0 aliphatic carbocycles. The summed E-state index contributed by atoms with van der Waals surface area (Å²) < 4.78 is 6.78. The maximum Gasteiger partial charge on any atom is 0.248 e. The first kappa shape index (κ1) is 11.2. The summed E-state index contributed by atoms with van der Waals surface area (Å²) in [4.78, 5) is 11.6. The Kier molecular flexibility index (Phi) is 3.09. The van der Waals surface area contributed by atoms with Gasteiger partial charge in [-0.15, -0.1) is 0 Å². The number of carbonyl (C=O) groups excluding carboxylic acids is 1. The third-order valence-electron chi connectivity index (χ3n) is 2.44. The molecule has 5 nitrogen and oxygen atoms in total. The molecule has 0 bridgehead atoms. The monoisotopic (exact) mass is 231 g/mol. The number of amides is 1. The van der Waals surface area contributed by atoms with Gasteiger partial charge in [0.15, 0.2) is 0 Å². The fourth-order valence-electron chi connectivity index (χ4n) is 1.34. The zero-order valence-corrected chi connectivity index (χ0v) is 9.68. The van der Waals surface area contributed by atoms with Crippen LogP contribution in [-0.4, -0.2) is 15.7 Å². The highest BCUT2D eigenvalue weighted by molar-refractivity contribution is 6.01. The number of aromatic nitrogens is 2. The standard InChI is InChI=1S/C12H13N3O2/c1-9-11(8-13-15(9)2)14-12(16)6-5-10-4-3-7-17-10/h3-8H,1-2H3,(H,14,16)/b6-5+. The normalized spacial score (nSPS) is 10.9. The highest BCUT2D eigenvalue weighted by Crippen LogP contribution is 2.12. The molecule has 0 saturated carbocycles. The van der Waals surface area contributed by atoms with E-state index in [0.29, 0.717) is 11.4 Å². The van der Waals surface area contributed by atoms with E-state index in [9.17, 15) is 4.79 Å². The molecule has 0 aliphatic heterocycles. The molecular formula is C12H13N3O2. The topological polar surface area (TPSA) is 60.1 Å². The number of anilines is 1. The van der Waals surface area contributed by atoms with Crippen molar-refractivity contribution in [2.24, 2.45) is 7.05 Å². The van der Waals surface area contributed by atoms with Gasteiger partial charge in [0, 0.05) is 13.1 Å². The van der Waals surface area contributed by atoms with Gasteiger partial charge in [-0.25, -0.2) is 0 Å². The molecule has 1 amide bonds.